The molecule has 0 saturated heterocycles. The summed E-state index contributed by atoms with van der Waals surface area (Å²) >= 11 is 4.41. The molecule has 0 unspecified atom stereocenters. The molecular formula is C12H8FN3S. The molecule has 2 aromatic rings. The number of hydrogen-bond acceptors (Lipinski definition) is 4. The van der Waals surface area contributed by atoms with Gasteiger partial charge in [0.1, 0.15) is 5.69 Å². The van der Waals surface area contributed by atoms with Crippen LogP contribution in [0.5, 0.6) is 0 Å². The topological polar surface area (TPSA) is 38.1 Å². The lowest BCUT2D eigenvalue weighted by molar-refractivity contribution is 0.588. The van der Waals surface area contributed by atoms with Crippen molar-refractivity contribution < 1.29 is 4.39 Å². The van der Waals surface area contributed by atoms with Crippen LogP contribution in [-0.2, 0) is 0 Å². The third-order valence-corrected chi connectivity index (χ3v) is 2.26. The number of halogens is 1. The van der Waals surface area contributed by atoms with Crippen molar-refractivity contribution >= 4 is 23.1 Å². The Morgan fingerprint density at radius 1 is 1.24 bits per heavy atom. The molecule has 0 aliphatic carbocycles. The summed E-state index contributed by atoms with van der Waals surface area (Å²) in [5.41, 5.74) is 2.20. The van der Waals surface area contributed by atoms with Gasteiger partial charge in [0.2, 0.25) is 5.95 Å². The molecule has 3 nitrogen and oxygen atoms in total. The van der Waals surface area contributed by atoms with E-state index in [-0.39, 0.29) is 5.69 Å². The predicted molar refractivity (Wildman–Crippen MR) is 66.8 cm³/mol. The van der Waals surface area contributed by atoms with Gasteiger partial charge >= 0.3 is 0 Å². The van der Waals surface area contributed by atoms with Gasteiger partial charge in [-0.2, -0.15) is 9.38 Å². The van der Waals surface area contributed by atoms with Crippen molar-refractivity contribution in [1.82, 2.24) is 9.97 Å². The van der Waals surface area contributed by atoms with Gasteiger partial charge in [0.05, 0.1) is 16.5 Å². The maximum Gasteiger partial charge on any atom is 0.240 e. The highest BCUT2D eigenvalue weighted by Gasteiger charge is 2.06. The Kier molecular flexibility index (Phi) is 3.32. The summed E-state index contributed by atoms with van der Waals surface area (Å²) in [6.07, 6.45) is 1.71. The van der Waals surface area contributed by atoms with Crippen LogP contribution in [0, 0.1) is 12.9 Å². The normalized spacial score (nSPS) is 9.76. The van der Waals surface area contributed by atoms with E-state index in [1.54, 1.807) is 18.3 Å². The van der Waals surface area contributed by atoms with Gasteiger partial charge in [0, 0.05) is 6.20 Å². The molecule has 84 valence electrons. The van der Waals surface area contributed by atoms with Crippen molar-refractivity contribution in [3.8, 4) is 11.4 Å². The predicted octanol–water partition coefficient (Wildman–Crippen LogP) is 3.33. The third-order valence-electron chi connectivity index (χ3n) is 2.17. The van der Waals surface area contributed by atoms with Crippen molar-refractivity contribution in [2.45, 2.75) is 6.92 Å². The first kappa shape index (κ1) is 11.5. The molecule has 0 aliphatic rings. The van der Waals surface area contributed by atoms with Crippen LogP contribution in [0.1, 0.15) is 5.56 Å². The van der Waals surface area contributed by atoms with Crippen molar-refractivity contribution in [3.63, 3.8) is 0 Å². The zero-order valence-electron chi connectivity index (χ0n) is 9.01. The van der Waals surface area contributed by atoms with Crippen molar-refractivity contribution in [2.24, 2.45) is 4.99 Å². The number of hydrogen-bond donors (Lipinski definition) is 0. The van der Waals surface area contributed by atoms with E-state index >= 15 is 0 Å². The Hall–Kier alpha value is -1.97. The van der Waals surface area contributed by atoms with Crippen LogP contribution in [-0.4, -0.2) is 15.1 Å². The highest BCUT2D eigenvalue weighted by molar-refractivity contribution is 7.78. The van der Waals surface area contributed by atoms with Gasteiger partial charge in [0.15, 0.2) is 0 Å². The van der Waals surface area contributed by atoms with Crippen LogP contribution in [0.15, 0.2) is 35.5 Å². The first-order chi connectivity index (χ1) is 8.20. The molecule has 0 aromatic carbocycles. The van der Waals surface area contributed by atoms with Gasteiger partial charge in [-0.3, -0.25) is 4.98 Å². The van der Waals surface area contributed by atoms with Crippen LogP contribution in [0.4, 0.5) is 10.1 Å². The molecule has 2 rings (SSSR count). The average molecular weight is 245 g/mol. The molecule has 0 aliphatic heterocycles. The minimum atomic E-state index is -0.678. The van der Waals surface area contributed by atoms with E-state index in [0.717, 1.165) is 5.56 Å². The largest absolute Gasteiger partial charge is 0.254 e. The fraction of sp³-hybridized carbons (Fsp3) is 0.0833. The monoisotopic (exact) mass is 245 g/mol. The van der Waals surface area contributed by atoms with Gasteiger partial charge in [0.25, 0.3) is 0 Å². The van der Waals surface area contributed by atoms with Crippen LogP contribution in [0.3, 0.4) is 0 Å². The first-order valence-corrected chi connectivity index (χ1v) is 5.29. The molecule has 0 N–H and O–H groups in total. The average Bonchev–Trinajstić information content (AvgIpc) is 2.33. The van der Waals surface area contributed by atoms with Crippen LogP contribution in [0.25, 0.3) is 11.4 Å². The van der Waals surface area contributed by atoms with Crippen molar-refractivity contribution in [2.75, 3.05) is 0 Å². The lowest BCUT2D eigenvalue weighted by Crippen LogP contribution is -1.91. The lowest BCUT2D eigenvalue weighted by Gasteiger charge is -2.01. The summed E-state index contributed by atoms with van der Waals surface area (Å²) in [5, 5.41) is 2.10. The van der Waals surface area contributed by atoms with Gasteiger partial charge < -0.3 is 0 Å². The molecule has 0 amide bonds. The quantitative estimate of drug-likeness (QED) is 0.463. The van der Waals surface area contributed by atoms with Gasteiger partial charge in [-0.15, -0.1) is 0 Å². The fourth-order valence-electron chi connectivity index (χ4n) is 1.32. The zero-order valence-corrected chi connectivity index (χ0v) is 9.83. The molecule has 0 atom stereocenters. The van der Waals surface area contributed by atoms with Gasteiger partial charge in [-0.05, 0) is 42.9 Å². The van der Waals surface area contributed by atoms with Crippen LogP contribution in [0.2, 0.25) is 0 Å². The molecule has 0 spiro atoms. The minimum absolute atomic E-state index is 0.0795. The van der Waals surface area contributed by atoms with E-state index in [1.807, 2.05) is 13.0 Å². The second kappa shape index (κ2) is 4.91. The van der Waals surface area contributed by atoms with Gasteiger partial charge in [-0.25, -0.2) is 4.98 Å². The summed E-state index contributed by atoms with van der Waals surface area (Å²) in [4.78, 5) is 11.5. The molecule has 17 heavy (non-hydrogen) atoms. The summed E-state index contributed by atoms with van der Waals surface area (Å²) in [6, 6.07) is 6.83. The summed E-state index contributed by atoms with van der Waals surface area (Å²) in [5.74, 6) is -0.678. The minimum Gasteiger partial charge on any atom is -0.254 e. The Balaban J connectivity index is 2.44. The maximum absolute atomic E-state index is 13.5. The summed E-state index contributed by atoms with van der Waals surface area (Å²) in [7, 11) is 0. The molecule has 0 fully saturated rings. The highest BCUT2D eigenvalue weighted by atomic mass is 32.1. The lowest BCUT2D eigenvalue weighted by atomic mass is 10.2. The SMILES string of the molecule is Cc1ccc(-c2ccc(N=C=S)c(F)n2)nc1. The zero-order chi connectivity index (χ0) is 12.3. The molecule has 5 heteroatoms. The van der Waals surface area contributed by atoms with E-state index < -0.39 is 5.95 Å². The molecule has 0 saturated carbocycles. The Bertz CT molecular complexity index is 589. The molecule has 2 aromatic heterocycles. The standard InChI is InChI=1S/C12H8FN3S/c1-8-2-3-9(14-6-8)10-4-5-11(15-7-17)12(13)16-10/h2-6H,1H3. The highest BCUT2D eigenvalue weighted by Crippen LogP contribution is 2.20. The second-order valence-electron chi connectivity index (χ2n) is 3.43. The van der Waals surface area contributed by atoms with E-state index in [4.69, 9.17) is 0 Å². The first-order valence-electron chi connectivity index (χ1n) is 4.88. The van der Waals surface area contributed by atoms with Crippen molar-refractivity contribution in [1.29, 1.82) is 0 Å². The number of isothiocyanates is 1. The number of aromatic nitrogens is 2. The van der Waals surface area contributed by atoms with Gasteiger partial charge in [-0.1, -0.05) is 6.07 Å². The molecule has 0 bridgehead atoms. The Labute approximate surface area is 103 Å². The number of thiocarbonyl (C=S) groups is 1. The summed E-state index contributed by atoms with van der Waals surface area (Å²) in [6.45, 7) is 1.93. The number of pyridine rings is 2. The smallest absolute Gasteiger partial charge is 0.240 e. The fourth-order valence-corrected chi connectivity index (χ4v) is 1.42. The second-order valence-corrected chi connectivity index (χ2v) is 3.61. The third kappa shape index (κ3) is 2.58. The number of nitrogens with zero attached hydrogens (tertiary/aromatic N) is 3. The molecule has 0 radical (unpaired) electrons. The van der Waals surface area contributed by atoms with Crippen molar-refractivity contribution in [3.05, 3.63) is 42.0 Å². The Morgan fingerprint density at radius 2 is 2.00 bits per heavy atom. The van der Waals surface area contributed by atoms with E-state index in [9.17, 15) is 4.39 Å². The van der Waals surface area contributed by atoms with E-state index in [0.29, 0.717) is 11.4 Å². The van der Waals surface area contributed by atoms with E-state index in [1.165, 1.54) is 6.07 Å². The number of rotatable bonds is 2. The molecule has 2 heterocycles. The number of aliphatic imine (C=N–C) groups is 1. The summed E-state index contributed by atoms with van der Waals surface area (Å²) < 4.78 is 13.5. The Morgan fingerprint density at radius 3 is 2.59 bits per heavy atom. The number of aryl methyl sites for hydroxylation is 1. The maximum atomic E-state index is 13.5. The van der Waals surface area contributed by atoms with Crippen LogP contribution < -0.4 is 0 Å². The van der Waals surface area contributed by atoms with Crippen LogP contribution >= 0.6 is 12.2 Å². The molecular weight excluding hydrogens is 237 g/mol. The van der Waals surface area contributed by atoms with E-state index in [2.05, 4.69) is 32.3 Å².